The molecule has 1 aromatic carbocycles. The van der Waals surface area contributed by atoms with Gasteiger partial charge in [0.2, 0.25) is 0 Å². The van der Waals surface area contributed by atoms with Crippen molar-refractivity contribution < 1.29 is 19.1 Å². The average Bonchev–Trinajstić information content (AvgIpc) is 3.66. The molecule has 182 valence electrons. The van der Waals surface area contributed by atoms with Crippen LogP contribution in [0.5, 0.6) is 5.75 Å². The Labute approximate surface area is 204 Å². The number of nitrogens with zero attached hydrogens (tertiary/aromatic N) is 5. The second-order valence-corrected chi connectivity index (χ2v) is 8.91. The fourth-order valence-corrected chi connectivity index (χ4v) is 4.67. The second kappa shape index (κ2) is 9.85. The van der Waals surface area contributed by atoms with Gasteiger partial charge in [-0.05, 0) is 50.8 Å². The van der Waals surface area contributed by atoms with Crippen LogP contribution in [0.2, 0.25) is 0 Å². The van der Waals surface area contributed by atoms with E-state index in [1.165, 1.54) is 0 Å². The van der Waals surface area contributed by atoms with Crippen LogP contribution in [0, 0.1) is 5.92 Å². The third-order valence-electron chi connectivity index (χ3n) is 6.54. The number of aromatic nitrogens is 4. The zero-order chi connectivity index (χ0) is 24.4. The van der Waals surface area contributed by atoms with Crippen molar-refractivity contribution in [3.63, 3.8) is 0 Å². The third-order valence-corrected chi connectivity index (χ3v) is 6.54. The Morgan fingerprint density at radius 1 is 1.14 bits per heavy atom. The number of benzene rings is 1. The lowest BCUT2D eigenvalue weighted by Crippen LogP contribution is -2.43. The normalized spacial score (nSPS) is 17.8. The van der Waals surface area contributed by atoms with E-state index in [0.29, 0.717) is 36.9 Å². The number of carbonyl (C=O) groups excluding carboxylic acids is 2. The Kier molecular flexibility index (Phi) is 6.48. The van der Waals surface area contributed by atoms with E-state index in [2.05, 4.69) is 10.1 Å². The van der Waals surface area contributed by atoms with E-state index >= 15 is 0 Å². The van der Waals surface area contributed by atoms with Crippen molar-refractivity contribution in [3.05, 3.63) is 54.0 Å². The number of amides is 1. The number of methoxy groups -OCH3 is 1. The summed E-state index contributed by atoms with van der Waals surface area (Å²) in [5, 5.41) is 4.55. The van der Waals surface area contributed by atoms with E-state index in [9.17, 15) is 9.59 Å². The molecule has 2 fully saturated rings. The van der Waals surface area contributed by atoms with Gasteiger partial charge in [0.1, 0.15) is 5.75 Å². The van der Waals surface area contributed by atoms with Crippen LogP contribution in [0.4, 0.5) is 0 Å². The van der Waals surface area contributed by atoms with Crippen LogP contribution < -0.4 is 4.74 Å². The summed E-state index contributed by atoms with van der Waals surface area (Å²) in [6, 6.07) is 9.51. The van der Waals surface area contributed by atoms with Crippen LogP contribution in [0.25, 0.3) is 17.2 Å². The zero-order valence-electron chi connectivity index (χ0n) is 20.0. The lowest BCUT2D eigenvalue weighted by molar-refractivity contribution is -0.149. The second-order valence-electron chi connectivity index (χ2n) is 8.91. The molecule has 1 aliphatic heterocycles. The molecule has 0 unspecified atom stereocenters. The van der Waals surface area contributed by atoms with Crippen molar-refractivity contribution in [1.29, 1.82) is 0 Å². The van der Waals surface area contributed by atoms with E-state index in [0.717, 1.165) is 42.7 Å². The van der Waals surface area contributed by atoms with Crippen molar-refractivity contribution in [2.45, 2.75) is 38.5 Å². The summed E-state index contributed by atoms with van der Waals surface area (Å²) < 4.78 is 12.4. The first kappa shape index (κ1) is 23.0. The van der Waals surface area contributed by atoms with E-state index in [1.807, 2.05) is 30.3 Å². The van der Waals surface area contributed by atoms with E-state index in [-0.39, 0.29) is 23.7 Å². The van der Waals surface area contributed by atoms with Gasteiger partial charge in [-0.3, -0.25) is 9.59 Å². The maximum Gasteiger partial charge on any atom is 0.310 e. The Hall–Kier alpha value is -3.75. The van der Waals surface area contributed by atoms with Gasteiger partial charge < -0.3 is 14.4 Å². The van der Waals surface area contributed by atoms with Crippen LogP contribution in [-0.4, -0.2) is 63.3 Å². The number of hydrogen-bond donors (Lipinski definition) is 0. The highest BCUT2D eigenvalue weighted by Crippen LogP contribution is 2.43. The Balaban J connectivity index is 1.45. The van der Waals surface area contributed by atoms with Crippen LogP contribution in [0.15, 0.2) is 42.7 Å². The fourth-order valence-electron chi connectivity index (χ4n) is 4.67. The number of esters is 1. The molecular formula is C26H29N5O4. The summed E-state index contributed by atoms with van der Waals surface area (Å²) in [4.78, 5) is 36.8. The monoisotopic (exact) mass is 475 g/mol. The number of ether oxygens (including phenoxy) is 2. The standard InChI is InChI=1S/C26H29N5O4/c1-3-35-25(33)18-7-6-14-30(16-18)24(32)20-15-28-31(23(20)17-10-11-17)26-27-13-12-21(29-26)19-8-4-5-9-22(19)34-2/h4-5,8-9,12-13,15,17-18H,3,6-7,10-11,14,16H2,1-2H3/t18-/m1/s1. The van der Waals surface area contributed by atoms with Gasteiger partial charge in [-0.25, -0.2) is 14.6 Å². The van der Waals surface area contributed by atoms with Gasteiger partial charge in [-0.15, -0.1) is 0 Å². The molecule has 0 radical (unpaired) electrons. The highest BCUT2D eigenvalue weighted by atomic mass is 16.5. The maximum atomic E-state index is 13.6. The van der Waals surface area contributed by atoms with Gasteiger partial charge in [0.15, 0.2) is 0 Å². The lowest BCUT2D eigenvalue weighted by Gasteiger charge is -2.31. The maximum absolute atomic E-state index is 13.6. The van der Waals surface area contributed by atoms with Gasteiger partial charge in [0.25, 0.3) is 11.9 Å². The zero-order valence-corrected chi connectivity index (χ0v) is 20.0. The molecule has 3 heterocycles. The van der Waals surface area contributed by atoms with Gasteiger partial charge in [0.05, 0.1) is 42.8 Å². The molecular weight excluding hydrogens is 446 g/mol. The lowest BCUT2D eigenvalue weighted by atomic mass is 9.97. The van der Waals surface area contributed by atoms with Crippen molar-refractivity contribution >= 4 is 11.9 Å². The summed E-state index contributed by atoms with van der Waals surface area (Å²) in [6.07, 6.45) is 6.79. The van der Waals surface area contributed by atoms with Gasteiger partial charge in [-0.2, -0.15) is 5.10 Å². The summed E-state index contributed by atoms with van der Waals surface area (Å²) in [5.41, 5.74) is 2.97. The molecule has 0 N–H and O–H groups in total. The quantitative estimate of drug-likeness (QED) is 0.481. The minimum Gasteiger partial charge on any atom is -0.496 e. The molecule has 1 aliphatic carbocycles. The molecule has 1 amide bonds. The van der Waals surface area contributed by atoms with E-state index in [1.54, 1.807) is 36.0 Å². The Morgan fingerprint density at radius 2 is 1.97 bits per heavy atom. The van der Waals surface area contributed by atoms with Crippen molar-refractivity contribution in [2.24, 2.45) is 5.92 Å². The molecule has 1 atom stereocenters. The predicted octanol–water partition coefficient (Wildman–Crippen LogP) is 3.63. The first-order valence-electron chi connectivity index (χ1n) is 12.1. The Morgan fingerprint density at radius 3 is 2.74 bits per heavy atom. The minimum atomic E-state index is -0.284. The molecule has 0 bridgehead atoms. The SMILES string of the molecule is CCOC(=O)[C@@H]1CCCN(C(=O)c2cnn(-c3nccc(-c4ccccc4OC)n3)c2C2CC2)C1. The third kappa shape index (κ3) is 4.62. The van der Waals surface area contributed by atoms with Gasteiger partial charge in [0, 0.05) is 30.8 Å². The van der Waals surface area contributed by atoms with Crippen molar-refractivity contribution in [2.75, 3.05) is 26.8 Å². The summed E-state index contributed by atoms with van der Waals surface area (Å²) >= 11 is 0. The van der Waals surface area contributed by atoms with E-state index < -0.39 is 0 Å². The fraction of sp³-hybridized carbons (Fsp3) is 0.423. The molecule has 35 heavy (non-hydrogen) atoms. The van der Waals surface area contributed by atoms with Crippen LogP contribution in [0.3, 0.4) is 0 Å². The number of carbonyl (C=O) groups is 2. The molecule has 3 aromatic rings. The number of rotatable bonds is 7. The highest BCUT2D eigenvalue weighted by molar-refractivity contribution is 5.96. The summed E-state index contributed by atoms with van der Waals surface area (Å²) in [6.45, 7) is 3.12. The molecule has 9 nitrogen and oxygen atoms in total. The molecule has 2 aromatic heterocycles. The molecule has 5 rings (SSSR count). The summed E-state index contributed by atoms with van der Waals surface area (Å²) in [5.74, 6) is 0.751. The topological polar surface area (TPSA) is 99.4 Å². The van der Waals surface area contributed by atoms with Crippen LogP contribution in [-0.2, 0) is 9.53 Å². The van der Waals surface area contributed by atoms with Gasteiger partial charge in [-0.1, -0.05) is 12.1 Å². The number of para-hydroxylation sites is 1. The minimum absolute atomic E-state index is 0.104. The number of piperidine rings is 1. The van der Waals surface area contributed by atoms with Crippen LogP contribution in [0.1, 0.15) is 54.6 Å². The van der Waals surface area contributed by atoms with E-state index in [4.69, 9.17) is 14.5 Å². The highest BCUT2D eigenvalue weighted by Gasteiger charge is 2.37. The molecule has 2 aliphatic rings. The van der Waals surface area contributed by atoms with Crippen molar-refractivity contribution in [1.82, 2.24) is 24.6 Å². The first-order valence-corrected chi connectivity index (χ1v) is 12.1. The summed E-state index contributed by atoms with van der Waals surface area (Å²) in [7, 11) is 1.63. The van der Waals surface area contributed by atoms with Crippen molar-refractivity contribution in [3.8, 4) is 23.0 Å². The average molecular weight is 476 g/mol. The largest absolute Gasteiger partial charge is 0.496 e. The number of likely N-dealkylation sites (tertiary alicyclic amines) is 1. The molecule has 1 saturated carbocycles. The molecule has 0 spiro atoms. The number of hydrogen-bond acceptors (Lipinski definition) is 7. The molecule has 1 saturated heterocycles. The molecule has 9 heteroatoms. The first-order chi connectivity index (χ1) is 17.1. The predicted molar refractivity (Wildman–Crippen MR) is 128 cm³/mol. The smallest absolute Gasteiger partial charge is 0.310 e. The van der Waals surface area contributed by atoms with Crippen LogP contribution >= 0.6 is 0 Å². The van der Waals surface area contributed by atoms with Gasteiger partial charge >= 0.3 is 5.97 Å². The Bertz CT molecular complexity index is 1240.